The van der Waals surface area contributed by atoms with Crippen molar-refractivity contribution in [3.63, 3.8) is 0 Å². The summed E-state index contributed by atoms with van der Waals surface area (Å²) in [4.78, 5) is 0. The standard InChI is InChI=1S/C21H20O3/c1-22-19-8-4-15(5-9-19)17-12-18(14-21(13-17)24-3)16-6-10-20(23-2)11-7-16/h4-14H,1-3H3. The molecule has 0 aliphatic rings. The van der Waals surface area contributed by atoms with E-state index in [0.29, 0.717) is 0 Å². The number of rotatable bonds is 5. The highest BCUT2D eigenvalue weighted by Crippen LogP contribution is 2.32. The number of methoxy groups -OCH3 is 3. The summed E-state index contributed by atoms with van der Waals surface area (Å²) in [5, 5.41) is 0. The molecule has 0 atom stereocenters. The van der Waals surface area contributed by atoms with Gasteiger partial charge in [0.1, 0.15) is 17.2 Å². The zero-order valence-electron chi connectivity index (χ0n) is 14.1. The fraction of sp³-hybridized carbons (Fsp3) is 0.143. The predicted molar refractivity (Wildman–Crippen MR) is 97.0 cm³/mol. The first-order chi connectivity index (χ1) is 11.7. The van der Waals surface area contributed by atoms with E-state index in [-0.39, 0.29) is 0 Å². The monoisotopic (exact) mass is 320 g/mol. The lowest BCUT2D eigenvalue weighted by Gasteiger charge is -2.11. The summed E-state index contributed by atoms with van der Waals surface area (Å²) in [6.07, 6.45) is 0. The Kier molecular flexibility index (Phi) is 4.71. The van der Waals surface area contributed by atoms with Crippen LogP contribution in [0.3, 0.4) is 0 Å². The minimum atomic E-state index is 0.828. The normalized spacial score (nSPS) is 10.3. The topological polar surface area (TPSA) is 27.7 Å². The van der Waals surface area contributed by atoms with Crippen molar-refractivity contribution in [2.24, 2.45) is 0 Å². The van der Waals surface area contributed by atoms with Gasteiger partial charge in [0.2, 0.25) is 0 Å². The molecule has 122 valence electrons. The molecule has 3 aromatic rings. The Hall–Kier alpha value is -2.94. The molecule has 0 aliphatic carbocycles. The molecule has 24 heavy (non-hydrogen) atoms. The van der Waals surface area contributed by atoms with Gasteiger partial charge >= 0.3 is 0 Å². The number of hydrogen-bond acceptors (Lipinski definition) is 3. The van der Waals surface area contributed by atoms with E-state index < -0.39 is 0 Å². The van der Waals surface area contributed by atoms with Crippen LogP contribution in [0.15, 0.2) is 66.7 Å². The Labute approximate surface area is 142 Å². The lowest BCUT2D eigenvalue weighted by atomic mass is 9.98. The van der Waals surface area contributed by atoms with Crippen LogP contribution in [-0.2, 0) is 0 Å². The van der Waals surface area contributed by atoms with Crippen molar-refractivity contribution in [3.8, 4) is 39.5 Å². The highest BCUT2D eigenvalue weighted by Gasteiger charge is 2.06. The van der Waals surface area contributed by atoms with Gasteiger partial charge in [-0.15, -0.1) is 0 Å². The van der Waals surface area contributed by atoms with Crippen LogP contribution in [0, 0.1) is 0 Å². The number of hydrogen-bond donors (Lipinski definition) is 0. The molecule has 0 bridgehead atoms. The van der Waals surface area contributed by atoms with Crippen LogP contribution < -0.4 is 14.2 Å². The van der Waals surface area contributed by atoms with Gasteiger partial charge in [-0.1, -0.05) is 24.3 Å². The van der Waals surface area contributed by atoms with Crippen molar-refractivity contribution in [2.75, 3.05) is 21.3 Å². The van der Waals surface area contributed by atoms with Crippen LogP contribution in [0.2, 0.25) is 0 Å². The van der Waals surface area contributed by atoms with Crippen molar-refractivity contribution in [3.05, 3.63) is 66.7 Å². The van der Waals surface area contributed by atoms with Crippen LogP contribution in [0.4, 0.5) is 0 Å². The van der Waals surface area contributed by atoms with Crippen molar-refractivity contribution in [1.82, 2.24) is 0 Å². The maximum absolute atomic E-state index is 5.48. The quantitative estimate of drug-likeness (QED) is 0.658. The van der Waals surface area contributed by atoms with Crippen LogP contribution in [-0.4, -0.2) is 21.3 Å². The van der Waals surface area contributed by atoms with Crippen molar-refractivity contribution < 1.29 is 14.2 Å². The fourth-order valence-electron chi connectivity index (χ4n) is 2.62. The average molecular weight is 320 g/mol. The molecule has 0 amide bonds. The van der Waals surface area contributed by atoms with E-state index in [0.717, 1.165) is 39.5 Å². The third kappa shape index (κ3) is 3.35. The van der Waals surface area contributed by atoms with E-state index in [1.807, 2.05) is 60.7 Å². The third-order valence-electron chi connectivity index (χ3n) is 3.99. The largest absolute Gasteiger partial charge is 0.497 e. The average Bonchev–Trinajstić information content (AvgIpc) is 2.67. The van der Waals surface area contributed by atoms with Crippen molar-refractivity contribution >= 4 is 0 Å². The highest BCUT2D eigenvalue weighted by molar-refractivity contribution is 5.75. The maximum atomic E-state index is 5.48. The minimum absolute atomic E-state index is 0.828. The van der Waals surface area contributed by atoms with Gasteiger partial charge in [-0.25, -0.2) is 0 Å². The summed E-state index contributed by atoms with van der Waals surface area (Å²) in [5.74, 6) is 2.52. The van der Waals surface area contributed by atoms with E-state index in [9.17, 15) is 0 Å². The van der Waals surface area contributed by atoms with E-state index in [2.05, 4.69) is 6.07 Å². The summed E-state index contributed by atoms with van der Waals surface area (Å²) < 4.78 is 15.9. The van der Waals surface area contributed by atoms with Gasteiger partial charge in [-0.3, -0.25) is 0 Å². The first kappa shape index (κ1) is 15.9. The smallest absolute Gasteiger partial charge is 0.120 e. The molecule has 0 saturated carbocycles. The molecule has 0 heterocycles. The van der Waals surface area contributed by atoms with Gasteiger partial charge in [0.05, 0.1) is 21.3 Å². The van der Waals surface area contributed by atoms with Crippen LogP contribution >= 0.6 is 0 Å². The molecule has 3 heteroatoms. The minimum Gasteiger partial charge on any atom is -0.497 e. The summed E-state index contributed by atoms with van der Waals surface area (Å²) >= 11 is 0. The van der Waals surface area contributed by atoms with E-state index >= 15 is 0 Å². The molecule has 3 aromatic carbocycles. The van der Waals surface area contributed by atoms with Gasteiger partial charge < -0.3 is 14.2 Å². The molecular formula is C21H20O3. The third-order valence-corrected chi connectivity index (χ3v) is 3.99. The molecule has 0 aliphatic heterocycles. The molecule has 0 unspecified atom stereocenters. The van der Waals surface area contributed by atoms with E-state index in [1.165, 1.54) is 0 Å². The summed E-state index contributed by atoms with van der Waals surface area (Å²) in [6, 6.07) is 22.3. The van der Waals surface area contributed by atoms with Gasteiger partial charge in [0.15, 0.2) is 0 Å². The van der Waals surface area contributed by atoms with Crippen molar-refractivity contribution in [1.29, 1.82) is 0 Å². The number of benzene rings is 3. The maximum Gasteiger partial charge on any atom is 0.120 e. The second kappa shape index (κ2) is 7.09. The lowest BCUT2D eigenvalue weighted by Crippen LogP contribution is -1.88. The second-order valence-electron chi connectivity index (χ2n) is 5.41. The molecule has 0 radical (unpaired) electrons. The SMILES string of the molecule is COc1ccc(-c2cc(OC)cc(-c3ccc(OC)cc3)c2)cc1. The molecule has 0 fully saturated rings. The van der Waals surface area contributed by atoms with Gasteiger partial charge in [-0.05, 0) is 64.7 Å². The first-order valence-corrected chi connectivity index (χ1v) is 7.71. The van der Waals surface area contributed by atoms with E-state index in [1.54, 1.807) is 21.3 Å². The van der Waals surface area contributed by atoms with Crippen LogP contribution in [0.5, 0.6) is 17.2 Å². The van der Waals surface area contributed by atoms with Crippen molar-refractivity contribution in [2.45, 2.75) is 0 Å². The molecule has 0 saturated heterocycles. The fourth-order valence-corrected chi connectivity index (χ4v) is 2.62. The van der Waals surface area contributed by atoms with Gasteiger partial charge in [0.25, 0.3) is 0 Å². The Morgan fingerprint density at radius 3 is 1.12 bits per heavy atom. The summed E-state index contributed by atoms with van der Waals surface area (Å²) in [5.41, 5.74) is 4.43. The molecule has 0 aromatic heterocycles. The Bertz CT molecular complexity index is 740. The predicted octanol–water partition coefficient (Wildman–Crippen LogP) is 5.05. The van der Waals surface area contributed by atoms with E-state index in [4.69, 9.17) is 14.2 Å². The van der Waals surface area contributed by atoms with Gasteiger partial charge in [0, 0.05) is 0 Å². The lowest BCUT2D eigenvalue weighted by molar-refractivity contribution is 0.414. The number of ether oxygens (including phenoxy) is 3. The molecule has 3 rings (SSSR count). The first-order valence-electron chi connectivity index (χ1n) is 7.71. The van der Waals surface area contributed by atoms with Crippen LogP contribution in [0.25, 0.3) is 22.3 Å². The summed E-state index contributed by atoms with van der Waals surface area (Å²) in [6.45, 7) is 0. The summed E-state index contributed by atoms with van der Waals surface area (Å²) in [7, 11) is 5.02. The van der Waals surface area contributed by atoms with Gasteiger partial charge in [-0.2, -0.15) is 0 Å². The second-order valence-corrected chi connectivity index (χ2v) is 5.41. The Morgan fingerprint density at radius 2 is 0.792 bits per heavy atom. The molecular weight excluding hydrogens is 300 g/mol. The van der Waals surface area contributed by atoms with Crippen LogP contribution in [0.1, 0.15) is 0 Å². The highest BCUT2D eigenvalue weighted by atomic mass is 16.5. The molecule has 3 nitrogen and oxygen atoms in total. The zero-order chi connectivity index (χ0) is 16.9. The molecule has 0 N–H and O–H groups in total. The zero-order valence-corrected chi connectivity index (χ0v) is 14.1. The Morgan fingerprint density at radius 1 is 0.417 bits per heavy atom. The Balaban J connectivity index is 2.03. The molecule has 0 spiro atoms.